The maximum absolute atomic E-state index is 14.2. The third kappa shape index (κ3) is 5.71. The van der Waals surface area contributed by atoms with Crippen molar-refractivity contribution >= 4 is 21.6 Å². The lowest BCUT2D eigenvalue weighted by Crippen LogP contribution is -2.27. The van der Waals surface area contributed by atoms with Gasteiger partial charge in [-0.3, -0.25) is 9.52 Å². The van der Waals surface area contributed by atoms with Gasteiger partial charge in [0.15, 0.2) is 17.3 Å². The molecule has 7 nitrogen and oxygen atoms in total. The molecule has 0 aliphatic rings. The topological polar surface area (TPSA) is 101 Å². The fourth-order valence-electron chi connectivity index (χ4n) is 3.05. The molecule has 2 N–H and O–H groups in total. The van der Waals surface area contributed by atoms with Gasteiger partial charge in [-0.25, -0.2) is 22.2 Å². The van der Waals surface area contributed by atoms with E-state index in [2.05, 4.69) is 10.3 Å². The van der Waals surface area contributed by atoms with Crippen LogP contribution >= 0.6 is 0 Å². The Bertz CT molecular complexity index is 1330. The molecule has 2 aromatic carbocycles. The zero-order valence-electron chi connectivity index (χ0n) is 17.9. The number of sulfonamides is 1. The largest absolute Gasteiger partial charge is 0.444 e. The van der Waals surface area contributed by atoms with Gasteiger partial charge in [-0.2, -0.15) is 13.2 Å². The van der Waals surface area contributed by atoms with Crippen LogP contribution in [0.5, 0.6) is 0 Å². The summed E-state index contributed by atoms with van der Waals surface area (Å²) in [4.78, 5) is 16.4. The van der Waals surface area contributed by atoms with E-state index in [-0.39, 0.29) is 28.3 Å². The lowest BCUT2D eigenvalue weighted by atomic mass is 10.0. The second kappa shape index (κ2) is 9.05. The summed E-state index contributed by atoms with van der Waals surface area (Å²) in [5, 5.41) is 2.43. The first-order valence-corrected chi connectivity index (χ1v) is 11.5. The number of carbonyl (C=O) groups excluding carboxylic acids is 1. The summed E-state index contributed by atoms with van der Waals surface area (Å²) in [6, 6.07) is 4.21. The minimum absolute atomic E-state index is 0.00290. The minimum Gasteiger partial charge on any atom is -0.444 e. The number of amides is 1. The Hall–Kier alpha value is -3.48. The first kappa shape index (κ1) is 25.1. The van der Waals surface area contributed by atoms with Crippen LogP contribution in [0.3, 0.4) is 0 Å². The van der Waals surface area contributed by atoms with Crippen LogP contribution in [0.2, 0.25) is 0 Å². The molecular weight excluding hydrogens is 485 g/mol. The van der Waals surface area contributed by atoms with Crippen LogP contribution in [0.25, 0.3) is 11.5 Å². The summed E-state index contributed by atoms with van der Waals surface area (Å²) in [6.45, 7) is 2.71. The molecular formula is C21H18F5N3O4S. The van der Waals surface area contributed by atoms with Gasteiger partial charge in [0.1, 0.15) is 12.0 Å². The number of oxazole rings is 1. The Kier molecular flexibility index (Phi) is 6.69. The molecule has 0 bridgehead atoms. The third-order valence-corrected chi connectivity index (χ3v) is 5.30. The number of benzene rings is 2. The van der Waals surface area contributed by atoms with E-state index in [0.29, 0.717) is 0 Å². The standard InChI is InChI=1S/C21H18F5N3O4S/c1-10-4-5-12(6-14(10)21(24,25)26)20-28-17(9-33-20)19(30)27-11(2)13-7-15(22)18(16(23)8-13)29-34(3,31)32/h4-9,11,29H,1-3H3,(H,27,30)/t11-/m1/s1. The molecule has 1 aromatic heterocycles. The Labute approximate surface area is 191 Å². The van der Waals surface area contributed by atoms with E-state index in [0.717, 1.165) is 30.7 Å². The molecule has 0 aliphatic carbocycles. The predicted octanol–water partition coefficient (Wildman–Crippen LogP) is 4.81. The van der Waals surface area contributed by atoms with Gasteiger partial charge in [0, 0.05) is 5.56 Å². The number of carbonyl (C=O) groups is 1. The molecule has 182 valence electrons. The highest BCUT2D eigenvalue weighted by atomic mass is 32.2. The van der Waals surface area contributed by atoms with Gasteiger partial charge in [-0.15, -0.1) is 0 Å². The zero-order valence-corrected chi connectivity index (χ0v) is 18.7. The molecule has 0 aliphatic heterocycles. The van der Waals surface area contributed by atoms with Crippen molar-refractivity contribution in [3.63, 3.8) is 0 Å². The molecule has 0 spiro atoms. The van der Waals surface area contributed by atoms with Crippen molar-refractivity contribution in [2.24, 2.45) is 0 Å². The number of alkyl halides is 3. The summed E-state index contributed by atoms with van der Waals surface area (Å²) < 4.78 is 97.2. The number of hydrogen-bond donors (Lipinski definition) is 2. The number of rotatable bonds is 6. The summed E-state index contributed by atoms with van der Waals surface area (Å²) in [5.74, 6) is -3.42. The predicted molar refractivity (Wildman–Crippen MR) is 112 cm³/mol. The molecule has 3 rings (SSSR count). The quantitative estimate of drug-likeness (QED) is 0.470. The number of nitrogens with zero attached hydrogens (tertiary/aromatic N) is 1. The van der Waals surface area contributed by atoms with Gasteiger partial charge >= 0.3 is 6.18 Å². The second-order valence-corrected chi connectivity index (χ2v) is 9.24. The van der Waals surface area contributed by atoms with Gasteiger partial charge in [-0.05, 0) is 49.2 Å². The SMILES string of the molecule is Cc1ccc(-c2nc(C(=O)N[C@H](C)c3cc(F)c(NS(C)(=O)=O)c(F)c3)co2)cc1C(F)(F)F. The fraction of sp³-hybridized carbons (Fsp3) is 0.238. The van der Waals surface area contributed by atoms with E-state index in [4.69, 9.17) is 4.42 Å². The number of aryl methyl sites for hydroxylation is 1. The number of anilines is 1. The molecule has 3 aromatic rings. The molecule has 34 heavy (non-hydrogen) atoms. The van der Waals surface area contributed by atoms with Crippen LogP contribution in [-0.4, -0.2) is 25.6 Å². The maximum Gasteiger partial charge on any atom is 0.416 e. The molecule has 1 amide bonds. The summed E-state index contributed by atoms with van der Waals surface area (Å²) in [5.41, 5.74) is -2.01. The summed E-state index contributed by atoms with van der Waals surface area (Å²) in [7, 11) is -3.93. The van der Waals surface area contributed by atoms with Crippen LogP contribution in [0.1, 0.15) is 40.1 Å². The van der Waals surface area contributed by atoms with Gasteiger partial charge in [-0.1, -0.05) is 6.07 Å². The Morgan fingerprint density at radius 2 is 1.74 bits per heavy atom. The van der Waals surface area contributed by atoms with Crippen molar-refractivity contribution < 1.29 is 39.6 Å². The number of aromatic nitrogens is 1. The number of hydrogen-bond acceptors (Lipinski definition) is 5. The first-order chi connectivity index (χ1) is 15.7. The lowest BCUT2D eigenvalue weighted by molar-refractivity contribution is -0.138. The van der Waals surface area contributed by atoms with Crippen LogP contribution in [-0.2, 0) is 16.2 Å². The highest BCUT2D eigenvalue weighted by Gasteiger charge is 2.33. The Morgan fingerprint density at radius 3 is 2.29 bits per heavy atom. The van der Waals surface area contributed by atoms with Crippen molar-refractivity contribution in [3.05, 3.63) is 70.6 Å². The van der Waals surface area contributed by atoms with E-state index < -0.39 is 51.0 Å². The van der Waals surface area contributed by atoms with Crippen molar-refractivity contribution in [2.75, 3.05) is 11.0 Å². The van der Waals surface area contributed by atoms with Crippen molar-refractivity contribution in [1.29, 1.82) is 0 Å². The van der Waals surface area contributed by atoms with E-state index >= 15 is 0 Å². The normalized spacial score (nSPS) is 12.9. The van der Waals surface area contributed by atoms with Gasteiger partial charge in [0.25, 0.3) is 5.91 Å². The van der Waals surface area contributed by atoms with Crippen LogP contribution in [0.15, 0.2) is 41.0 Å². The smallest absolute Gasteiger partial charge is 0.416 e. The zero-order chi connectivity index (χ0) is 25.4. The van der Waals surface area contributed by atoms with Gasteiger partial charge < -0.3 is 9.73 Å². The average Bonchev–Trinajstić information content (AvgIpc) is 3.19. The van der Waals surface area contributed by atoms with Crippen LogP contribution in [0, 0.1) is 18.6 Å². The van der Waals surface area contributed by atoms with E-state index in [1.165, 1.54) is 26.0 Å². The summed E-state index contributed by atoms with van der Waals surface area (Å²) in [6.07, 6.45) is -2.92. The number of nitrogens with one attached hydrogen (secondary N) is 2. The van der Waals surface area contributed by atoms with Crippen molar-refractivity contribution in [2.45, 2.75) is 26.1 Å². The molecule has 0 fully saturated rings. The number of halogens is 5. The van der Waals surface area contributed by atoms with Crippen LogP contribution < -0.4 is 10.0 Å². The lowest BCUT2D eigenvalue weighted by Gasteiger charge is -2.15. The van der Waals surface area contributed by atoms with Crippen molar-refractivity contribution in [3.8, 4) is 11.5 Å². The summed E-state index contributed by atoms with van der Waals surface area (Å²) >= 11 is 0. The fourth-order valence-corrected chi connectivity index (χ4v) is 3.62. The molecule has 1 atom stereocenters. The molecule has 0 saturated heterocycles. The Morgan fingerprint density at radius 1 is 1.12 bits per heavy atom. The molecule has 0 saturated carbocycles. The van der Waals surface area contributed by atoms with E-state index in [1.54, 1.807) is 4.72 Å². The Balaban J connectivity index is 1.79. The second-order valence-electron chi connectivity index (χ2n) is 7.49. The highest BCUT2D eigenvalue weighted by molar-refractivity contribution is 7.92. The highest BCUT2D eigenvalue weighted by Crippen LogP contribution is 2.34. The maximum atomic E-state index is 14.2. The minimum atomic E-state index is -4.58. The first-order valence-electron chi connectivity index (χ1n) is 9.57. The average molecular weight is 503 g/mol. The molecule has 0 unspecified atom stereocenters. The monoisotopic (exact) mass is 503 g/mol. The van der Waals surface area contributed by atoms with Crippen LogP contribution in [0.4, 0.5) is 27.6 Å². The van der Waals surface area contributed by atoms with Crippen molar-refractivity contribution in [1.82, 2.24) is 10.3 Å². The molecule has 13 heteroatoms. The third-order valence-electron chi connectivity index (χ3n) is 4.73. The van der Waals surface area contributed by atoms with E-state index in [9.17, 15) is 35.2 Å². The molecule has 1 heterocycles. The molecule has 0 radical (unpaired) electrons. The van der Waals surface area contributed by atoms with Gasteiger partial charge in [0.05, 0.1) is 17.9 Å². The van der Waals surface area contributed by atoms with Gasteiger partial charge in [0.2, 0.25) is 15.9 Å². The van der Waals surface area contributed by atoms with E-state index in [1.807, 2.05) is 0 Å².